The minimum Gasteiger partial charge on any atom is -0.493 e. The second-order valence-electron chi connectivity index (χ2n) is 6.12. The molecule has 6 nitrogen and oxygen atoms in total. The predicted molar refractivity (Wildman–Crippen MR) is 106 cm³/mol. The molecule has 27 heavy (non-hydrogen) atoms. The zero-order valence-corrected chi connectivity index (χ0v) is 17.0. The molecule has 0 fully saturated rings. The molecule has 0 saturated carbocycles. The van der Waals surface area contributed by atoms with E-state index in [1.165, 1.54) is 21.3 Å². The van der Waals surface area contributed by atoms with Crippen molar-refractivity contribution in [2.24, 2.45) is 0 Å². The van der Waals surface area contributed by atoms with E-state index in [0.29, 0.717) is 34.4 Å². The number of amides is 1. The van der Waals surface area contributed by atoms with Crippen LogP contribution in [0.15, 0.2) is 36.4 Å². The summed E-state index contributed by atoms with van der Waals surface area (Å²) in [5.41, 5.74) is 1.37. The minimum atomic E-state index is -0.242. The number of methoxy groups -OCH3 is 3. The van der Waals surface area contributed by atoms with Gasteiger partial charge in [0.1, 0.15) is 0 Å². The number of nitrogens with one attached hydrogen (secondary N) is 1. The molecule has 0 aliphatic heterocycles. The molecular formula is C20H25ClN2O4. The molecule has 1 unspecified atom stereocenters. The Morgan fingerprint density at radius 2 is 1.67 bits per heavy atom. The summed E-state index contributed by atoms with van der Waals surface area (Å²) in [6.45, 7) is 0.395. The van der Waals surface area contributed by atoms with Gasteiger partial charge in [0.15, 0.2) is 11.5 Å². The molecule has 146 valence electrons. The average Bonchev–Trinajstić information content (AvgIpc) is 2.67. The van der Waals surface area contributed by atoms with E-state index in [1.54, 1.807) is 12.1 Å². The zero-order valence-electron chi connectivity index (χ0n) is 16.2. The fourth-order valence-corrected chi connectivity index (χ4v) is 3.08. The first kappa shape index (κ1) is 20.9. The van der Waals surface area contributed by atoms with Crippen LogP contribution in [0.4, 0.5) is 0 Å². The quantitative estimate of drug-likeness (QED) is 0.746. The minimum absolute atomic E-state index is 0.0651. The maximum absolute atomic E-state index is 12.7. The van der Waals surface area contributed by atoms with Crippen molar-refractivity contribution in [1.82, 2.24) is 10.2 Å². The molecule has 1 atom stereocenters. The molecule has 2 aromatic carbocycles. The van der Waals surface area contributed by atoms with Crippen LogP contribution >= 0.6 is 11.6 Å². The van der Waals surface area contributed by atoms with Gasteiger partial charge >= 0.3 is 0 Å². The van der Waals surface area contributed by atoms with Gasteiger partial charge in [-0.05, 0) is 37.9 Å². The number of rotatable bonds is 8. The fourth-order valence-electron chi connectivity index (χ4n) is 2.82. The molecule has 0 aromatic heterocycles. The molecule has 0 aliphatic carbocycles. The molecule has 1 amide bonds. The number of nitrogens with zero attached hydrogens (tertiary/aromatic N) is 1. The van der Waals surface area contributed by atoms with Crippen LogP contribution in [0.5, 0.6) is 17.2 Å². The third-order valence-corrected chi connectivity index (χ3v) is 4.61. The summed E-state index contributed by atoms with van der Waals surface area (Å²) in [7, 11) is 8.43. The molecule has 7 heteroatoms. The van der Waals surface area contributed by atoms with E-state index in [-0.39, 0.29) is 11.9 Å². The van der Waals surface area contributed by atoms with Crippen LogP contribution in [-0.4, -0.2) is 52.8 Å². The maximum Gasteiger partial charge on any atom is 0.251 e. The SMILES string of the molecule is COc1cc(C(=O)NCC(c2ccccc2Cl)N(C)C)cc(OC)c1OC. The Hall–Kier alpha value is -2.44. The smallest absolute Gasteiger partial charge is 0.251 e. The third kappa shape index (κ3) is 4.84. The Bertz CT molecular complexity index is 770. The Morgan fingerprint density at radius 3 is 2.15 bits per heavy atom. The standard InChI is InChI=1S/C20H25ClN2O4/c1-23(2)16(14-8-6-7-9-15(14)21)12-22-20(24)13-10-17(25-3)19(27-5)18(11-13)26-4/h6-11,16H,12H2,1-5H3,(H,22,24). The van der Waals surface area contributed by atoms with Gasteiger partial charge in [0.2, 0.25) is 5.75 Å². The maximum atomic E-state index is 12.7. The van der Waals surface area contributed by atoms with Crippen LogP contribution in [-0.2, 0) is 0 Å². The summed E-state index contributed by atoms with van der Waals surface area (Å²) in [6, 6.07) is 10.8. The lowest BCUT2D eigenvalue weighted by Crippen LogP contribution is -2.34. The first-order valence-corrected chi connectivity index (χ1v) is 8.79. The highest BCUT2D eigenvalue weighted by atomic mass is 35.5. The molecule has 0 heterocycles. The van der Waals surface area contributed by atoms with E-state index in [4.69, 9.17) is 25.8 Å². The summed E-state index contributed by atoms with van der Waals surface area (Å²) in [5.74, 6) is 1.06. The van der Waals surface area contributed by atoms with Gasteiger partial charge in [-0.2, -0.15) is 0 Å². The largest absolute Gasteiger partial charge is 0.493 e. The lowest BCUT2D eigenvalue weighted by Gasteiger charge is -2.26. The number of likely N-dealkylation sites (N-methyl/N-ethyl adjacent to an activating group) is 1. The van der Waals surface area contributed by atoms with Crippen LogP contribution in [0.2, 0.25) is 5.02 Å². The van der Waals surface area contributed by atoms with Gasteiger partial charge in [-0.1, -0.05) is 29.8 Å². The van der Waals surface area contributed by atoms with Gasteiger partial charge < -0.3 is 24.4 Å². The van der Waals surface area contributed by atoms with E-state index < -0.39 is 0 Å². The van der Waals surface area contributed by atoms with E-state index in [1.807, 2.05) is 43.3 Å². The van der Waals surface area contributed by atoms with E-state index in [2.05, 4.69) is 5.32 Å². The second-order valence-corrected chi connectivity index (χ2v) is 6.53. The van der Waals surface area contributed by atoms with Crippen LogP contribution < -0.4 is 19.5 Å². The predicted octanol–water partition coefficient (Wildman–Crippen LogP) is 3.40. The lowest BCUT2D eigenvalue weighted by atomic mass is 10.1. The van der Waals surface area contributed by atoms with Gasteiger partial charge in [-0.25, -0.2) is 0 Å². The van der Waals surface area contributed by atoms with Crippen LogP contribution in [0, 0.1) is 0 Å². The number of carbonyl (C=O) groups excluding carboxylic acids is 1. The number of halogens is 1. The van der Waals surface area contributed by atoms with Gasteiger partial charge in [-0.3, -0.25) is 4.79 Å². The number of benzene rings is 2. The molecule has 0 aliphatic rings. The van der Waals surface area contributed by atoms with Crippen molar-refractivity contribution in [3.63, 3.8) is 0 Å². The first-order chi connectivity index (χ1) is 12.9. The lowest BCUT2D eigenvalue weighted by molar-refractivity contribution is 0.0941. The number of hydrogen-bond acceptors (Lipinski definition) is 5. The average molecular weight is 393 g/mol. The molecule has 2 rings (SSSR count). The zero-order chi connectivity index (χ0) is 20.0. The summed E-state index contributed by atoms with van der Waals surface area (Å²) in [6.07, 6.45) is 0. The second kappa shape index (κ2) is 9.48. The Kier molecular flexibility index (Phi) is 7.33. The summed E-state index contributed by atoms with van der Waals surface area (Å²) < 4.78 is 15.9. The van der Waals surface area contributed by atoms with E-state index >= 15 is 0 Å². The van der Waals surface area contributed by atoms with Gasteiger partial charge in [-0.15, -0.1) is 0 Å². The van der Waals surface area contributed by atoms with E-state index in [9.17, 15) is 4.79 Å². The van der Waals surface area contributed by atoms with Crippen molar-refractivity contribution < 1.29 is 19.0 Å². The summed E-state index contributed by atoms with van der Waals surface area (Å²) >= 11 is 6.32. The van der Waals surface area contributed by atoms with Crippen molar-refractivity contribution in [3.05, 3.63) is 52.5 Å². The third-order valence-electron chi connectivity index (χ3n) is 4.27. The van der Waals surface area contributed by atoms with Gasteiger partial charge in [0.25, 0.3) is 5.91 Å². The highest BCUT2D eigenvalue weighted by molar-refractivity contribution is 6.31. The summed E-state index contributed by atoms with van der Waals surface area (Å²) in [4.78, 5) is 14.7. The molecule has 2 aromatic rings. The Morgan fingerprint density at radius 1 is 1.07 bits per heavy atom. The van der Waals surface area contributed by atoms with Crippen molar-refractivity contribution in [2.45, 2.75) is 6.04 Å². The molecule has 0 radical (unpaired) electrons. The van der Waals surface area contributed by atoms with Gasteiger partial charge in [0.05, 0.1) is 27.4 Å². The Balaban J connectivity index is 2.22. The van der Waals surface area contributed by atoms with Crippen LogP contribution in [0.3, 0.4) is 0 Å². The fraction of sp³-hybridized carbons (Fsp3) is 0.350. The van der Waals surface area contributed by atoms with E-state index in [0.717, 1.165) is 5.56 Å². The van der Waals surface area contributed by atoms with Gasteiger partial charge in [0, 0.05) is 17.1 Å². The summed E-state index contributed by atoms with van der Waals surface area (Å²) in [5, 5.41) is 3.62. The molecule has 0 saturated heterocycles. The highest BCUT2D eigenvalue weighted by Gasteiger charge is 2.20. The Labute approximate surface area is 165 Å². The van der Waals surface area contributed by atoms with Crippen LogP contribution in [0.25, 0.3) is 0 Å². The normalized spacial score (nSPS) is 11.8. The van der Waals surface area contributed by atoms with Crippen LogP contribution in [0.1, 0.15) is 22.0 Å². The first-order valence-electron chi connectivity index (χ1n) is 8.42. The topological polar surface area (TPSA) is 60.0 Å². The van der Waals surface area contributed by atoms with Crippen molar-refractivity contribution in [1.29, 1.82) is 0 Å². The molecular weight excluding hydrogens is 368 g/mol. The molecule has 0 bridgehead atoms. The molecule has 1 N–H and O–H groups in total. The highest BCUT2D eigenvalue weighted by Crippen LogP contribution is 2.38. The number of carbonyl (C=O) groups is 1. The van der Waals surface area contributed by atoms with Crippen molar-refractivity contribution >= 4 is 17.5 Å². The monoisotopic (exact) mass is 392 g/mol. The van der Waals surface area contributed by atoms with Crippen molar-refractivity contribution in [2.75, 3.05) is 42.0 Å². The van der Waals surface area contributed by atoms with Crippen molar-refractivity contribution in [3.8, 4) is 17.2 Å². The number of hydrogen-bond donors (Lipinski definition) is 1. The molecule has 0 spiro atoms. The number of ether oxygens (including phenoxy) is 3.